The summed E-state index contributed by atoms with van der Waals surface area (Å²) in [5.74, 6) is 0. The number of hydrogen-bond donors (Lipinski definition) is 0. The minimum atomic E-state index is -3.35. The summed E-state index contributed by atoms with van der Waals surface area (Å²) in [5.41, 5.74) is 0. The van der Waals surface area contributed by atoms with Gasteiger partial charge in [-0.2, -0.15) is 0 Å². The molecule has 0 aliphatic rings. The second-order valence-corrected chi connectivity index (χ2v) is 6.87. The first-order chi connectivity index (χ1) is 10.7. The van der Waals surface area contributed by atoms with E-state index < -0.39 is 7.82 Å². The first kappa shape index (κ1) is 22.1. The van der Waals surface area contributed by atoms with Crippen molar-refractivity contribution in [3.8, 4) is 0 Å². The van der Waals surface area contributed by atoms with Crippen molar-refractivity contribution in [3.63, 3.8) is 0 Å². The van der Waals surface area contributed by atoms with Gasteiger partial charge in [-0.05, 0) is 26.7 Å². The lowest BCUT2D eigenvalue weighted by atomic mass is 10.1. The van der Waals surface area contributed by atoms with E-state index in [4.69, 9.17) is 18.3 Å². The van der Waals surface area contributed by atoms with Crippen LogP contribution in [-0.2, 0) is 22.9 Å². The van der Waals surface area contributed by atoms with Gasteiger partial charge in [-0.15, -0.1) is 0 Å². The predicted octanol–water partition coefficient (Wildman–Crippen LogP) is 5.34. The summed E-state index contributed by atoms with van der Waals surface area (Å²) in [6.07, 6.45) is 9.70. The lowest BCUT2D eigenvalue weighted by Gasteiger charge is -2.16. The molecule has 0 aliphatic carbocycles. The summed E-state index contributed by atoms with van der Waals surface area (Å²) in [6, 6.07) is 0. The Morgan fingerprint density at radius 2 is 1.18 bits per heavy atom. The molecule has 0 unspecified atom stereocenters. The standard InChI is InChI=1S/C16H35O5P/c1-4-7-8-9-10-11-12-14-18-15-13-16-21-22(17,19-5-2)20-6-3/h4-16H2,1-3H3. The van der Waals surface area contributed by atoms with E-state index in [1.807, 2.05) is 0 Å². The van der Waals surface area contributed by atoms with E-state index in [1.54, 1.807) is 13.8 Å². The van der Waals surface area contributed by atoms with Crippen molar-refractivity contribution in [3.05, 3.63) is 0 Å². The Kier molecular flexibility index (Phi) is 16.0. The number of hydrogen-bond acceptors (Lipinski definition) is 5. The topological polar surface area (TPSA) is 54.0 Å². The molecule has 0 spiro atoms. The Balaban J connectivity index is 3.36. The van der Waals surface area contributed by atoms with E-state index >= 15 is 0 Å². The Labute approximate surface area is 136 Å². The minimum Gasteiger partial charge on any atom is -0.381 e. The summed E-state index contributed by atoms with van der Waals surface area (Å²) < 4.78 is 32.8. The van der Waals surface area contributed by atoms with Crippen molar-refractivity contribution < 1.29 is 22.9 Å². The van der Waals surface area contributed by atoms with E-state index in [1.165, 1.54) is 38.5 Å². The summed E-state index contributed by atoms with van der Waals surface area (Å²) in [5, 5.41) is 0. The zero-order valence-electron chi connectivity index (χ0n) is 14.7. The summed E-state index contributed by atoms with van der Waals surface area (Å²) in [7, 11) is -3.35. The van der Waals surface area contributed by atoms with Crippen LogP contribution in [0.5, 0.6) is 0 Å². The molecule has 0 bridgehead atoms. The Hall–Kier alpha value is 0.0700. The van der Waals surface area contributed by atoms with Crippen LogP contribution in [0, 0.1) is 0 Å². The number of phosphoric ester groups is 1. The van der Waals surface area contributed by atoms with Crippen LogP contribution in [0.2, 0.25) is 0 Å². The van der Waals surface area contributed by atoms with Gasteiger partial charge in [-0.25, -0.2) is 4.57 Å². The fourth-order valence-corrected chi connectivity index (χ4v) is 3.24. The van der Waals surface area contributed by atoms with Crippen LogP contribution in [0.3, 0.4) is 0 Å². The second kappa shape index (κ2) is 15.9. The first-order valence-corrected chi connectivity index (χ1v) is 10.3. The smallest absolute Gasteiger partial charge is 0.381 e. The van der Waals surface area contributed by atoms with Crippen molar-refractivity contribution in [1.29, 1.82) is 0 Å². The van der Waals surface area contributed by atoms with Crippen LogP contribution in [0.1, 0.15) is 72.1 Å². The fourth-order valence-electron chi connectivity index (χ4n) is 2.03. The largest absolute Gasteiger partial charge is 0.474 e. The van der Waals surface area contributed by atoms with Crippen LogP contribution >= 0.6 is 7.82 Å². The van der Waals surface area contributed by atoms with E-state index in [0.717, 1.165) is 13.0 Å². The number of phosphoric acid groups is 1. The molecular formula is C16H35O5P. The van der Waals surface area contributed by atoms with Gasteiger partial charge in [0.25, 0.3) is 0 Å². The van der Waals surface area contributed by atoms with Crippen LogP contribution < -0.4 is 0 Å². The van der Waals surface area contributed by atoms with Gasteiger partial charge in [0.05, 0.1) is 19.8 Å². The molecule has 0 aromatic carbocycles. The molecule has 0 saturated heterocycles. The summed E-state index contributed by atoms with van der Waals surface area (Å²) in [4.78, 5) is 0. The van der Waals surface area contributed by atoms with Crippen molar-refractivity contribution >= 4 is 7.82 Å². The average molecular weight is 338 g/mol. The van der Waals surface area contributed by atoms with Gasteiger partial charge in [0.1, 0.15) is 0 Å². The third-order valence-corrected chi connectivity index (χ3v) is 4.80. The maximum atomic E-state index is 12.0. The predicted molar refractivity (Wildman–Crippen MR) is 90.2 cm³/mol. The number of rotatable bonds is 17. The molecule has 0 saturated carbocycles. The van der Waals surface area contributed by atoms with E-state index in [0.29, 0.717) is 32.8 Å². The first-order valence-electron chi connectivity index (χ1n) is 8.79. The molecule has 6 heteroatoms. The van der Waals surface area contributed by atoms with Gasteiger partial charge in [-0.3, -0.25) is 13.6 Å². The molecule has 5 nitrogen and oxygen atoms in total. The minimum absolute atomic E-state index is 0.312. The molecule has 0 rings (SSSR count). The molecule has 22 heavy (non-hydrogen) atoms. The number of unbranched alkanes of at least 4 members (excludes halogenated alkanes) is 6. The molecule has 134 valence electrons. The van der Waals surface area contributed by atoms with Gasteiger partial charge >= 0.3 is 7.82 Å². The summed E-state index contributed by atoms with van der Waals surface area (Å²) in [6.45, 7) is 8.13. The molecule has 0 fully saturated rings. The SMILES string of the molecule is CCCCCCCCCOCCCOP(=O)(OCC)OCC. The maximum Gasteiger partial charge on any atom is 0.474 e. The molecule has 0 aromatic rings. The molecule has 0 atom stereocenters. The third-order valence-electron chi connectivity index (χ3n) is 3.15. The number of ether oxygens (including phenoxy) is 1. The van der Waals surface area contributed by atoms with Crippen molar-refractivity contribution in [2.24, 2.45) is 0 Å². The van der Waals surface area contributed by atoms with Gasteiger partial charge in [0, 0.05) is 13.2 Å². The third kappa shape index (κ3) is 13.7. The van der Waals surface area contributed by atoms with Crippen LogP contribution in [-0.4, -0.2) is 33.0 Å². The van der Waals surface area contributed by atoms with Crippen LogP contribution in [0.15, 0.2) is 0 Å². The monoisotopic (exact) mass is 338 g/mol. The molecule has 0 amide bonds. The second-order valence-electron chi connectivity index (χ2n) is 5.20. The van der Waals surface area contributed by atoms with E-state index in [2.05, 4.69) is 6.92 Å². The zero-order valence-corrected chi connectivity index (χ0v) is 15.6. The van der Waals surface area contributed by atoms with Crippen molar-refractivity contribution in [1.82, 2.24) is 0 Å². The highest BCUT2D eigenvalue weighted by Crippen LogP contribution is 2.49. The molecule has 0 heterocycles. The lowest BCUT2D eigenvalue weighted by Crippen LogP contribution is -2.04. The average Bonchev–Trinajstić information content (AvgIpc) is 2.49. The molecule has 0 aromatic heterocycles. The van der Waals surface area contributed by atoms with Crippen LogP contribution in [0.4, 0.5) is 0 Å². The Morgan fingerprint density at radius 1 is 0.636 bits per heavy atom. The summed E-state index contributed by atoms with van der Waals surface area (Å²) >= 11 is 0. The van der Waals surface area contributed by atoms with Gasteiger partial charge in [-0.1, -0.05) is 45.4 Å². The van der Waals surface area contributed by atoms with Crippen LogP contribution in [0.25, 0.3) is 0 Å². The van der Waals surface area contributed by atoms with E-state index in [-0.39, 0.29) is 0 Å². The highest BCUT2D eigenvalue weighted by Gasteiger charge is 2.24. The fraction of sp³-hybridized carbons (Fsp3) is 1.00. The highest BCUT2D eigenvalue weighted by atomic mass is 31.2. The van der Waals surface area contributed by atoms with Crippen molar-refractivity contribution in [2.45, 2.75) is 72.1 Å². The van der Waals surface area contributed by atoms with Gasteiger partial charge < -0.3 is 4.74 Å². The molecule has 0 aliphatic heterocycles. The lowest BCUT2D eigenvalue weighted by molar-refractivity contribution is 0.0916. The molecular weight excluding hydrogens is 303 g/mol. The zero-order chi connectivity index (χ0) is 16.5. The maximum absolute atomic E-state index is 12.0. The van der Waals surface area contributed by atoms with Gasteiger partial charge in [0.15, 0.2) is 0 Å². The normalized spacial score (nSPS) is 12.0. The Morgan fingerprint density at radius 3 is 1.77 bits per heavy atom. The Bertz CT molecular complexity index is 263. The van der Waals surface area contributed by atoms with Gasteiger partial charge in [0.2, 0.25) is 0 Å². The quantitative estimate of drug-likeness (QED) is 0.265. The van der Waals surface area contributed by atoms with Crippen molar-refractivity contribution in [2.75, 3.05) is 33.0 Å². The van der Waals surface area contributed by atoms with E-state index in [9.17, 15) is 4.57 Å². The molecule has 0 radical (unpaired) electrons. The molecule has 0 N–H and O–H groups in total. The highest BCUT2D eigenvalue weighted by molar-refractivity contribution is 7.48.